The highest BCUT2D eigenvalue weighted by atomic mass is 16.1. The number of carbonyl (C=O) groups excluding carboxylic acids is 1. The average Bonchev–Trinajstić information content (AvgIpc) is 2.47. The first kappa shape index (κ1) is 15.3. The molecule has 1 aromatic heterocycles. The molecule has 0 unspecified atom stereocenters. The third-order valence-electron chi connectivity index (χ3n) is 3.86. The van der Waals surface area contributed by atoms with E-state index in [9.17, 15) is 9.59 Å². The molecule has 0 fully saturated rings. The van der Waals surface area contributed by atoms with Crippen molar-refractivity contribution < 1.29 is 4.79 Å². The number of unbranched alkanes of at least 4 members (excludes halogenated alkanes) is 1. The van der Waals surface area contributed by atoms with Gasteiger partial charge in [0, 0.05) is 18.5 Å². The number of aryl methyl sites for hydroxylation is 2. The zero-order chi connectivity index (χ0) is 15.4. The van der Waals surface area contributed by atoms with Crippen molar-refractivity contribution in [2.24, 2.45) is 0 Å². The molecule has 2 rings (SSSR count). The first-order valence-electron chi connectivity index (χ1n) is 7.41. The lowest BCUT2D eigenvalue weighted by Crippen LogP contribution is -2.26. The van der Waals surface area contributed by atoms with E-state index < -0.39 is 0 Å². The summed E-state index contributed by atoms with van der Waals surface area (Å²) in [6.45, 7) is 6.35. The van der Waals surface area contributed by atoms with Crippen LogP contribution in [0.25, 0.3) is 10.9 Å². The van der Waals surface area contributed by atoms with Crippen LogP contribution in [0.15, 0.2) is 23.0 Å². The number of H-pyrrole nitrogens is 1. The lowest BCUT2D eigenvalue weighted by molar-refractivity contribution is -0.121. The van der Waals surface area contributed by atoms with Crippen molar-refractivity contribution in [3.8, 4) is 0 Å². The smallest absolute Gasteiger partial charge is 0.253 e. The molecule has 21 heavy (non-hydrogen) atoms. The summed E-state index contributed by atoms with van der Waals surface area (Å²) in [5.41, 5.74) is 3.57. The standard InChI is InChI=1S/C17H22N2O2/c1-4-5-6-15(20)18-10-14-9-13-8-7-11(2)12(3)16(13)19-17(14)21/h7-9H,4-6,10H2,1-3H3,(H,18,20)(H,19,21). The molecule has 0 saturated carbocycles. The van der Waals surface area contributed by atoms with E-state index in [-0.39, 0.29) is 18.0 Å². The largest absolute Gasteiger partial charge is 0.352 e. The highest BCUT2D eigenvalue weighted by Gasteiger charge is 2.07. The zero-order valence-electron chi connectivity index (χ0n) is 12.9. The molecular weight excluding hydrogens is 264 g/mol. The maximum absolute atomic E-state index is 12.1. The molecule has 0 saturated heterocycles. The van der Waals surface area contributed by atoms with Crippen LogP contribution in [0.4, 0.5) is 0 Å². The highest BCUT2D eigenvalue weighted by molar-refractivity contribution is 5.83. The number of benzene rings is 1. The lowest BCUT2D eigenvalue weighted by atomic mass is 10.0. The van der Waals surface area contributed by atoms with Crippen LogP contribution in [0.3, 0.4) is 0 Å². The summed E-state index contributed by atoms with van der Waals surface area (Å²) in [6.07, 6.45) is 2.38. The van der Waals surface area contributed by atoms with Gasteiger partial charge in [-0.3, -0.25) is 9.59 Å². The molecule has 1 heterocycles. The quantitative estimate of drug-likeness (QED) is 0.887. The second-order valence-electron chi connectivity index (χ2n) is 5.48. The zero-order valence-corrected chi connectivity index (χ0v) is 12.9. The predicted octanol–water partition coefficient (Wildman–Crippen LogP) is 2.95. The number of hydrogen-bond acceptors (Lipinski definition) is 2. The summed E-state index contributed by atoms with van der Waals surface area (Å²) in [5, 5.41) is 3.80. The van der Waals surface area contributed by atoms with Gasteiger partial charge in [0.05, 0.1) is 5.52 Å². The molecule has 0 aliphatic carbocycles. The van der Waals surface area contributed by atoms with Crippen molar-refractivity contribution in [1.82, 2.24) is 10.3 Å². The highest BCUT2D eigenvalue weighted by Crippen LogP contribution is 2.18. The van der Waals surface area contributed by atoms with Gasteiger partial charge in [0.15, 0.2) is 0 Å². The SMILES string of the molecule is CCCCC(=O)NCc1cc2ccc(C)c(C)c2[nH]c1=O. The topological polar surface area (TPSA) is 62.0 Å². The molecule has 1 aromatic carbocycles. The molecule has 112 valence electrons. The van der Waals surface area contributed by atoms with Crippen molar-refractivity contribution in [3.63, 3.8) is 0 Å². The molecule has 0 aliphatic heterocycles. The van der Waals surface area contributed by atoms with E-state index in [0.717, 1.165) is 34.9 Å². The first-order valence-corrected chi connectivity index (χ1v) is 7.41. The van der Waals surface area contributed by atoms with Crippen molar-refractivity contribution in [2.75, 3.05) is 0 Å². The molecule has 4 heteroatoms. The van der Waals surface area contributed by atoms with E-state index in [2.05, 4.69) is 10.3 Å². The number of fused-ring (bicyclic) bond motifs is 1. The van der Waals surface area contributed by atoms with Crippen LogP contribution < -0.4 is 10.9 Å². The third-order valence-corrected chi connectivity index (χ3v) is 3.86. The maximum Gasteiger partial charge on any atom is 0.253 e. The predicted molar refractivity (Wildman–Crippen MR) is 85.4 cm³/mol. The van der Waals surface area contributed by atoms with Crippen LogP contribution in [0.1, 0.15) is 42.9 Å². The third kappa shape index (κ3) is 3.51. The van der Waals surface area contributed by atoms with E-state index in [1.807, 2.05) is 39.0 Å². The Hall–Kier alpha value is -2.10. The molecular formula is C17H22N2O2. The summed E-state index contributed by atoms with van der Waals surface area (Å²) in [6, 6.07) is 5.90. The number of nitrogens with one attached hydrogen (secondary N) is 2. The number of aromatic nitrogens is 1. The Kier molecular flexibility index (Phi) is 4.78. The minimum atomic E-state index is -0.132. The Morgan fingerprint density at radius 3 is 2.76 bits per heavy atom. The maximum atomic E-state index is 12.1. The second-order valence-corrected chi connectivity index (χ2v) is 5.48. The van der Waals surface area contributed by atoms with Crippen molar-refractivity contribution >= 4 is 16.8 Å². The van der Waals surface area contributed by atoms with Gasteiger partial charge in [0.25, 0.3) is 5.56 Å². The van der Waals surface area contributed by atoms with E-state index >= 15 is 0 Å². The lowest BCUT2D eigenvalue weighted by Gasteiger charge is -2.08. The summed E-state index contributed by atoms with van der Waals surface area (Å²) in [4.78, 5) is 26.7. The van der Waals surface area contributed by atoms with Crippen LogP contribution in [0.5, 0.6) is 0 Å². The Labute approximate surface area is 124 Å². The minimum absolute atomic E-state index is 0.00330. The van der Waals surface area contributed by atoms with Gasteiger partial charge in [0.1, 0.15) is 0 Å². The Morgan fingerprint density at radius 1 is 1.29 bits per heavy atom. The second kappa shape index (κ2) is 6.57. The Bertz CT molecular complexity index is 717. The molecule has 0 aliphatic rings. The number of rotatable bonds is 5. The molecule has 0 bridgehead atoms. The molecule has 0 atom stereocenters. The summed E-state index contributed by atoms with van der Waals surface area (Å²) in [7, 11) is 0. The molecule has 0 radical (unpaired) electrons. The van der Waals surface area contributed by atoms with Crippen LogP contribution in [-0.2, 0) is 11.3 Å². The monoisotopic (exact) mass is 286 g/mol. The van der Waals surface area contributed by atoms with Gasteiger partial charge in [-0.05, 0) is 42.8 Å². The fraction of sp³-hybridized carbons (Fsp3) is 0.412. The van der Waals surface area contributed by atoms with Gasteiger partial charge >= 0.3 is 0 Å². The molecule has 0 spiro atoms. The van der Waals surface area contributed by atoms with Crippen molar-refractivity contribution in [3.05, 3.63) is 45.2 Å². The van der Waals surface area contributed by atoms with Crippen LogP contribution in [0, 0.1) is 13.8 Å². The van der Waals surface area contributed by atoms with E-state index in [0.29, 0.717) is 12.0 Å². The van der Waals surface area contributed by atoms with Crippen LogP contribution >= 0.6 is 0 Å². The van der Waals surface area contributed by atoms with E-state index in [1.54, 1.807) is 0 Å². The summed E-state index contributed by atoms with van der Waals surface area (Å²) >= 11 is 0. The first-order chi connectivity index (χ1) is 10.0. The molecule has 4 nitrogen and oxygen atoms in total. The minimum Gasteiger partial charge on any atom is -0.352 e. The van der Waals surface area contributed by atoms with E-state index in [4.69, 9.17) is 0 Å². The summed E-state index contributed by atoms with van der Waals surface area (Å²) in [5.74, 6) is -0.00330. The van der Waals surface area contributed by atoms with Gasteiger partial charge in [-0.15, -0.1) is 0 Å². The number of hydrogen-bond donors (Lipinski definition) is 2. The average molecular weight is 286 g/mol. The Morgan fingerprint density at radius 2 is 2.05 bits per heavy atom. The number of amides is 1. The van der Waals surface area contributed by atoms with Crippen LogP contribution in [0.2, 0.25) is 0 Å². The van der Waals surface area contributed by atoms with Gasteiger partial charge in [0.2, 0.25) is 5.91 Å². The van der Waals surface area contributed by atoms with Crippen molar-refractivity contribution in [2.45, 2.75) is 46.6 Å². The number of carbonyl (C=O) groups is 1. The molecule has 2 N–H and O–H groups in total. The molecule has 2 aromatic rings. The fourth-order valence-corrected chi connectivity index (χ4v) is 2.32. The van der Waals surface area contributed by atoms with Gasteiger partial charge in [-0.25, -0.2) is 0 Å². The van der Waals surface area contributed by atoms with Gasteiger partial charge < -0.3 is 10.3 Å². The molecule has 1 amide bonds. The summed E-state index contributed by atoms with van der Waals surface area (Å²) < 4.78 is 0. The van der Waals surface area contributed by atoms with Crippen LogP contribution in [-0.4, -0.2) is 10.9 Å². The van der Waals surface area contributed by atoms with Gasteiger partial charge in [-0.2, -0.15) is 0 Å². The number of pyridine rings is 1. The van der Waals surface area contributed by atoms with Crippen molar-refractivity contribution in [1.29, 1.82) is 0 Å². The fourth-order valence-electron chi connectivity index (χ4n) is 2.32. The normalized spacial score (nSPS) is 10.8. The number of aromatic amines is 1. The Balaban J connectivity index is 2.22. The van der Waals surface area contributed by atoms with E-state index in [1.165, 1.54) is 0 Å². The van der Waals surface area contributed by atoms with Gasteiger partial charge in [-0.1, -0.05) is 25.5 Å².